The molecule has 7 heteroatoms. The van der Waals surface area contributed by atoms with Gasteiger partial charge >= 0.3 is 0 Å². The average Bonchev–Trinajstić information content (AvgIpc) is 2.33. The van der Waals surface area contributed by atoms with Crippen LogP contribution in [0.25, 0.3) is 0 Å². The third-order valence-corrected chi connectivity index (χ3v) is 5.63. The molecule has 0 unspecified atom stereocenters. The second-order valence-electron chi connectivity index (χ2n) is 3.59. The van der Waals surface area contributed by atoms with Gasteiger partial charge in [0.2, 0.25) is 10.0 Å². The zero-order valence-corrected chi connectivity index (χ0v) is 12.1. The van der Waals surface area contributed by atoms with E-state index >= 15 is 0 Å². The van der Waals surface area contributed by atoms with E-state index < -0.39 is 10.0 Å². The third kappa shape index (κ3) is 2.82. The molecule has 0 saturated carbocycles. The third-order valence-electron chi connectivity index (χ3n) is 2.50. The second-order valence-corrected chi connectivity index (χ2v) is 6.79. The molecule has 2 rings (SSSR count). The van der Waals surface area contributed by atoms with Crippen LogP contribution in [-0.2, 0) is 14.8 Å². The Balaban J connectivity index is 2.33. The molecule has 1 aromatic rings. The van der Waals surface area contributed by atoms with Crippen LogP contribution in [0.4, 0.5) is 0 Å². The monoisotopic (exact) mass is 339 g/mol. The lowest BCUT2D eigenvalue weighted by molar-refractivity contribution is 0.0730. The largest absolute Gasteiger partial charge is 0.379 e. The number of morpholine rings is 1. The first kappa shape index (κ1) is 13.3. The molecule has 1 saturated heterocycles. The lowest BCUT2D eigenvalue weighted by atomic mass is 10.4. The predicted molar refractivity (Wildman–Crippen MR) is 68.7 cm³/mol. The molecule has 0 N–H and O–H groups in total. The van der Waals surface area contributed by atoms with Gasteiger partial charge in [0.05, 0.1) is 23.1 Å². The molecule has 1 heterocycles. The molecule has 4 nitrogen and oxygen atoms in total. The molecule has 1 fully saturated rings. The summed E-state index contributed by atoms with van der Waals surface area (Å²) in [5.41, 5.74) is 0. The number of hydrogen-bond donors (Lipinski definition) is 0. The van der Waals surface area contributed by atoms with Gasteiger partial charge in [0.15, 0.2) is 0 Å². The van der Waals surface area contributed by atoms with Crippen LogP contribution >= 0.6 is 27.5 Å². The highest BCUT2D eigenvalue weighted by atomic mass is 79.9. The lowest BCUT2D eigenvalue weighted by Gasteiger charge is -2.26. The molecule has 0 radical (unpaired) electrons. The second kappa shape index (κ2) is 5.24. The van der Waals surface area contributed by atoms with E-state index in [1.54, 1.807) is 12.1 Å². The highest BCUT2D eigenvalue weighted by Crippen LogP contribution is 2.27. The Morgan fingerprint density at radius 3 is 2.53 bits per heavy atom. The maximum Gasteiger partial charge on any atom is 0.243 e. The van der Waals surface area contributed by atoms with Gasteiger partial charge in [0.25, 0.3) is 0 Å². The average molecular weight is 341 g/mol. The van der Waals surface area contributed by atoms with Gasteiger partial charge in [-0.05, 0) is 34.1 Å². The maximum atomic E-state index is 12.2. The maximum absolute atomic E-state index is 12.2. The van der Waals surface area contributed by atoms with Crippen LogP contribution in [0.2, 0.25) is 5.02 Å². The molecule has 0 atom stereocenters. The van der Waals surface area contributed by atoms with E-state index in [1.165, 1.54) is 10.4 Å². The van der Waals surface area contributed by atoms with Gasteiger partial charge < -0.3 is 4.74 Å². The molecule has 0 amide bonds. The first-order chi connectivity index (χ1) is 8.01. The normalized spacial score (nSPS) is 18.2. The van der Waals surface area contributed by atoms with Crippen LogP contribution in [0.1, 0.15) is 0 Å². The van der Waals surface area contributed by atoms with E-state index in [0.717, 1.165) is 0 Å². The van der Waals surface area contributed by atoms with Crippen molar-refractivity contribution in [2.75, 3.05) is 26.3 Å². The Bertz CT molecular complexity index is 514. The summed E-state index contributed by atoms with van der Waals surface area (Å²) >= 11 is 9.14. The number of rotatable bonds is 2. The van der Waals surface area contributed by atoms with Crippen LogP contribution in [0.3, 0.4) is 0 Å². The van der Waals surface area contributed by atoms with E-state index in [1.807, 2.05) is 0 Å². The zero-order valence-electron chi connectivity index (χ0n) is 8.90. The summed E-state index contributed by atoms with van der Waals surface area (Å²) in [7, 11) is -3.45. The fourth-order valence-electron chi connectivity index (χ4n) is 1.57. The van der Waals surface area contributed by atoms with E-state index in [2.05, 4.69) is 15.9 Å². The SMILES string of the molecule is O=S(=O)(c1ccc(Br)c(Cl)c1)N1CCOCC1. The van der Waals surface area contributed by atoms with Crippen molar-refractivity contribution in [3.63, 3.8) is 0 Å². The van der Waals surface area contributed by atoms with Gasteiger partial charge in [-0.2, -0.15) is 4.31 Å². The highest BCUT2D eigenvalue weighted by molar-refractivity contribution is 9.10. The topological polar surface area (TPSA) is 46.6 Å². The minimum absolute atomic E-state index is 0.215. The van der Waals surface area contributed by atoms with E-state index in [4.69, 9.17) is 16.3 Å². The fourth-order valence-corrected chi connectivity index (χ4v) is 3.50. The van der Waals surface area contributed by atoms with Gasteiger partial charge in [0, 0.05) is 17.6 Å². The molecule has 1 aliphatic heterocycles. The first-order valence-corrected chi connectivity index (χ1v) is 7.66. The fraction of sp³-hybridized carbons (Fsp3) is 0.400. The summed E-state index contributed by atoms with van der Waals surface area (Å²) < 4.78 is 31.7. The quantitative estimate of drug-likeness (QED) is 0.828. The number of benzene rings is 1. The highest BCUT2D eigenvalue weighted by Gasteiger charge is 2.26. The van der Waals surface area contributed by atoms with Crippen LogP contribution in [0, 0.1) is 0 Å². The summed E-state index contributed by atoms with van der Waals surface area (Å²) in [4.78, 5) is 0.215. The molecule has 17 heavy (non-hydrogen) atoms. The van der Waals surface area contributed by atoms with Gasteiger partial charge in [-0.3, -0.25) is 0 Å². The smallest absolute Gasteiger partial charge is 0.243 e. The van der Waals surface area contributed by atoms with Crippen molar-refractivity contribution in [3.8, 4) is 0 Å². The first-order valence-electron chi connectivity index (χ1n) is 5.05. The summed E-state index contributed by atoms with van der Waals surface area (Å²) in [6, 6.07) is 4.63. The number of nitrogens with zero attached hydrogens (tertiary/aromatic N) is 1. The Kier molecular flexibility index (Phi) is 4.10. The zero-order chi connectivity index (χ0) is 12.5. The summed E-state index contributed by atoms with van der Waals surface area (Å²) in [5.74, 6) is 0. The molecule has 0 aromatic heterocycles. The van der Waals surface area contributed by atoms with Crippen molar-refractivity contribution >= 4 is 37.6 Å². The summed E-state index contributed by atoms with van der Waals surface area (Å²) in [5, 5.41) is 0.388. The number of hydrogen-bond acceptors (Lipinski definition) is 3. The Hall–Kier alpha value is -0.140. The molecule has 1 aromatic carbocycles. The minimum atomic E-state index is -3.45. The molecular formula is C10H11BrClNO3S. The van der Waals surface area contributed by atoms with Crippen molar-refractivity contribution < 1.29 is 13.2 Å². The van der Waals surface area contributed by atoms with Crippen molar-refractivity contribution in [1.82, 2.24) is 4.31 Å². The predicted octanol–water partition coefficient (Wildman–Crippen LogP) is 2.12. The molecule has 0 bridgehead atoms. The van der Waals surface area contributed by atoms with E-state index in [-0.39, 0.29) is 4.90 Å². The Morgan fingerprint density at radius 1 is 1.29 bits per heavy atom. The van der Waals surface area contributed by atoms with Gasteiger partial charge in [0.1, 0.15) is 0 Å². The Morgan fingerprint density at radius 2 is 1.94 bits per heavy atom. The molecule has 0 aliphatic carbocycles. The molecular weight excluding hydrogens is 330 g/mol. The number of sulfonamides is 1. The van der Waals surface area contributed by atoms with E-state index in [9.17, 15) is 8.42 Å². The van der Waals surface area contributed by atoms with Gasteiger partial charge in [-0.15, -0.1) is 0 Å². The molecule has 0 spiro atoms. The summed E-state index contributed by atoms with van der Waals surface area (Å²) in [6.45, 7) is 1.64. The van der Waals surface area contributed by atoms with Crippen LogP contribution < -0.4 is 0 Å². The minimum Gasteiger partial charge on any atom is -0.379 e. The van der Waals surface area contributed by atoms with Crippen molar-refractivity contribution in [2.45, 2.75) is 4.90 Å². The standard InChI is InChI=1S/C10H11BrClNO3S/c11-9-2-1-8(7-10(9)12)17(14,15)13-3-5-16-6-4-13/h1-2,7H,3-6H2. The van der Waals surface area contributed by atoms with Gasteiger partial charge in [-0.1, -0.05) is 11.6 Å². The van der Waals surface area contributed by atoms with Crippen molar-refractivity contribution in [2.24, 2.45) is 0 Å². The Labute approximate surface area is 114 Å². The van der Waals surface area contributed by atoms with Gasteiger partial charge in [-0.25, -0.2) is 8.42 Å². The van der Waals surface area contributed by atoms with Crippen LogP contribution in [-0.4, -0.2) is 39.0 Å². The van der Waals surface area contributed by atoms with Crippen molar-refractivity contribution in [1.29, 1.82) is 0 Å². The van der Waals surface area contributed by atoms with Crippen LogP contribution in [0.15, 0.2) is 27.6 Å². The lowest BCUT2D eigenvalue weighted by Crippen LogP contribution is -2.40. The van der Waals surface area contributed by atoms with Crippen LogP contribution in [0.5, 0.6) is 0 Å². The molecule has 94 valence electrons. The van der Waals surface area contributed by atoms with Crippen molar-refractivity contribution in [3.05, 3.63) is 27.7 Å². The summed E-state index contributed by atoms with van der Waals surface area (Å²) in [6.07, 6.45) is 0. The van der Waals surface area contributed by atoms with E-state index in [0.29, 0.717) is 35.8 Å². The number of halogens is 2. The molecule has 1 aliphatic rings. The number of ether oxygens (including phenoxy) is 1.